The van der Waals surface area contributed by atoms with Gasteiger partial charge in [-0.3, -0.25) is 15.2 Å². The molecular weight excluding hydrogens is 206 g/mol. The number of carbonyl (C=O) groups is 1. The highest BCUT2D eigenvalue weighted by Crippen LogP contribution is 1.98. The molecule has 0 radical (unpaired) electrons. The summed E-state index contributed by atoms with van der Waals surface area (Å²) in [6.45, 7) is 0.448. The van der Waals surface area contributed by atoms with Gasteiger partial charge in [0.15, 0.2) is 0 Å². The number of aromatic nitrogens is 1. The van der Waals surface area contributed by atoms with E-state index in [9.17, 15) is 4.79 Å². The average molecular weight is 217 g/mol. The minimum atomic E-state index is -0.200. The molecule has 16 heavy (non-hydrogen) atoms. The molecule has 0 aliphatic heterocycles. The molecule has 0 unspecified atom stereocenters. The first-order valence-corrected chi connectivity index (χ1v) is 4.82. The molecule has 2 rings (SSSR count). The summed E-state index contributed by atoms with van der Waals surface area (Å²) in [6, 6.07) is 6.90. The minimum Gasteiger partial charge on any atom is -0.468 e. The van der Waals surface area contributed by atoms with E-state index in [1.54, 1.807) is 36.9 Å². The minimum absolute atomic E-state index is 0.200. The summed E-state index contributed by atoms with van der Waals surface area (Å²) >= 11 is 0. The number of pyridine rings is 1. The Balaban J connectivity index is 1.81. The van der Waals surface area contributed by atoms with Crippen molar-refractivity contribution in [2.75, 3.05) is 0 Å². The van der Waals surface area contributed by atoms with Gasteiger partial charge in [-0.05, 0) is 24.3 Å². The third kappa shape index (κ3) is 2.68. The molecule has 0 spiro atoms. The molecule has 2 aromatic rings. The average Bonchev–Trinajstić information content (AvgIpc) is 2.83. The van der Waals surface area contributed by atoms with Crippen LogP contribution in [-0.2, 0) is 6.54 Å². The maximum absolute atomic E-state index is 11.5. The molecule has 5 nitrogen and oxygen atoms in total. The van der Waals surface area contributed by atoms with E-state index in [-0.39, 0.29) is 5.91 Å². The molecule has 0 fully saturated rings. The van der Waals surface area contributed by atoms with Crippen LogP contribution in [0.5, 0.6) is 0 Å². The number of nitrogens with one attached hydrogen (secondary N) is 2. The van der Waals surface area contributed by atoms with Gasteiger partial charge in [-0.2, -0.15) is 0 Å². The zero-order chi connectivity index (χ0) is 11.2. The number of nitrogens with zero attached hydrogens (tertiary/aromatic N) is 1. The van der Waals surface area contributed by atoms with Crippen LogP contribution in [0.4, 0.5) is 0 Å². The zero-order valence-corrected chi connectivity index (χ0v) is 8.51. The quantitative estimate of drug-likeness (QED) is 0.753. The summed E-state index contributed by atoms with van der Waals surface area (Å²) in [6.07, 6.45) is 4.73. The van der Waals surface area contributed by atoms with Crippen LogP contribution in [0.1, 0.15) is 16.1 Å². The van der Waals surface area contributed by atoms with Crippen molar-refractivity contribution in [3.05, 3.63) is 54.2 Å². The van der Waals surface area contributed by atoms with Crippen LogP contribution in [0.3, 0.4) is 0 Å². The van der Waals surface area contributed by atoms with E-state index in [1.165, 1.54) is 0 Å². The van der Waals surface area contributed by atoms with Crippen molar-refractivity contribution in [2.24, 2.45) is 0 Å². The largest absolute Gasteiger partial charge is 0.468 e. The van der Waals surface area contributed by atoms with E-state index in [0.29, 0.717) is 12.1 Å². The monoisotopic (exact) mass is 217 g/mol. The van der Waals surface area contributed by atoms with Gasteiger partial charge in [0.1, 0.15) is 5.76 Å². The number of hydrogen-bond donors (Lipinski definition) is 2. The third-order valence-corrected chi connectivity index (χ3v) is 1.99. The summed E-state index contributed by atoms with van der Waals surface area (Å²) in [7, 11) is 0. The van der Waals surface area contributed by atoms with Gasteiger partial charge in [-0.25, -0.2) is 5.43 Å². The molecule has 2 N–H and O–H groups in total. The van der Waals surface area contributed by atoms with E-state index in [0.717, 1.165) is 5.76 Å². The molecular formula is C11H11N3O2. The first-order chi connectivity index (χ1) is 7.86. The zero-order valence-electron chi connectivity index (χ0n) is 8.51. The molecule has 2 heterocycles. The molecule has 0 aromatic carbocycles. The Morgan fingerprint density at radius 2 is 2.12 bits per heavy atom. The van der Waals surface area contributed by atoms with Crippen LogP contribution in [0, 0.1) is 0 Å². The molecule has 0 aliphatic rings. The second kappa shape index (κ2) is 5.09. The van der Waals surface area contributed by atoms with Gasteiger partial charge >= 0.3 is 0 Å². The van der Waals surface area contributed by atoms with E-state index < -0.39 is 0 Å². The predicted octanol–water partition coefficient (Wildman–Crippen LogP) is 1.11. The van der Waals surface area contributed by atoms with E-state index in [4.69, 9.17) is 4.42 Å². The number of carbonyl (C=O) groups excluding carboxylic acids is 1. The van der Waals surface area contributed by atoms with Crippen molar-refractivity contribution in [3.8, 4) is 0 Å². The van der Waals surface area contributed by atoms with Crippen LogP contribution in [0.25, 0.3) is 0 Å². The van der Waals surface area contributed by atoms with E-state index >= 15 is 0 Å². The summed E-state index contributed by atoms with van der Waals surface area (Å²) in [5.41, 5.74) is 5.89. The summed E-state index contributed by atoms with van der Waals surface area (Å²) in [5, 5.41) is 0. The fourth-order valence-electron chi connectivity index (χ4n) is 1.20. The smallest absolute Gasteiger partial charge is 0.265 e. The van der Waals surface area contributed by atoms with Crippen molar-refractivity contribution >= 4 is 5.91 Å². The van der Waals surface area contributed by atoms with Crippen molar-refractivity contribution in [2.45, 2.75) is 6.54 Å². The van der Waals surface area contributed by atoms with Gasteiger partial charge in [-0.1, -0.05) is 0 Å². The molecule has 0 atom stereocenters. The summed E-state index contributed by atoms with van der Waals surface area (Å²) in [4.78, 5) is 15.4. The van der Waals surface area contributed by atoms with Crippen LogP contribution < -0.4 is 10.9 Å². The van der Waals surface area contributed by atoms with Crippen molar-refractivity contribution < 1.29 is 9.21 Å². The Hall–Kier alpha value is -2.14. The van der Waals surface area contributed by atoms with Crippen molar-refractivity contribution in [1.29, 1.82) is 0 Å². The van der Waals surface area contributed by atoms with E-state index in [1.807, 2.05) is 6.07 Å². The normalized spacial score (nSPS) is 10.0. The van der Waals surface area contributed by atoms with Gasteiger partial charge in [0.25, 0.3) is 5.91 Å². The highest BCUT2D eigenvalue weighted by atomic mass is 16.3. The number of hydrazine groups is 1. The number of amides is 1. The standard InChI is InChI=1S/C11H11N3O2/c15-11(9-3-5-12-6-4-9)14-13-8-10-2-1-7-16-10/h1-7,13H,8H2,(H,14,15). The Labute approximate surface area is 92.5 Å². The molecule has 0 saturated carbocycles. The molecule has 2 aromatic heterocycles. The maximum Gasteiger partial charge on any atom is 0.265 e. The lowest BCUT2D eigenvalue weighted by molar-refractivity contribution is 0.0931. The van der Waals surface area contributed by atoms with Gasteiger partial charge in [0.2, 0.25) is 0 Å². The molecule has 0 bridgehead atoms. The highest BCUT2D eigenvalue weighted by molar-refractivity contribution is 5.93. The predicted molar refractivity (Wildman–Crippen MR) is 57.3 cm³/mol. The van der Waals surface area contributed by atoms with Crippen LogP contribution >= 0.6 is 0 Å². The Bertz CT molecular complexity index is 440. The topological polar surface area (TPSA) is 67.2 Å². The molecule has 5 heteroatoms. The van der Waals surface area contributed by atoms with Crippen LogP contribution in [0.2, 0.25) is 0 Å². The van der Waals surface area contributed by atoms with Gasteiger partial charge in [0, 0.05) is 18.0 Å². The first-order valence-electron chi connectivity index (χ1n) is 4.82. The SMILES string of the molecule is O=C(NNCc1ccco1)c1ccncc1. The second-order valence-corrected chi connectivity index (χ2v) is 3.12. The number of hydrogen-bond acceptors (Lipinski definition) is 4. The van der Waals surface area contributed by atoms with Gasteiger partial charge in [-0.15, -0.1) is 0 Å². The molecule has 0 aliphatic carbocycles. The summed E-state index contributed by atoms with van der Waals surface area (Å²) < 4.78 is 5.10. The van der Waals surface area contributed by atoms with Crippen molar-refractivity contribution in [1.82, 2.24) is 15.8 Å². The maximum atomic E-state index is 11.5. The lowest BCUT2D eigenvalue weighted by Crippen LogP contribution is -2.36. The molecule has 1 amide bonds. The Morgan fingerprint density at radius 1 is 1.31 bits per heavy atom. The number of furan rings is 1. The Kier molecular flexibility index (Phi) is 3.30. The highest BCUT2D eigenvalue weighted by Gasteiger charge is 2.03. The van der Waals surface area contributed by atoms with Crippen LogP contribution in [-0.4, -0.2) is 10.9 Å². The second-order valence-electron chi connectivity index (χ2n) is 3.12. The Morgan fingerprint density at radius 3 is 2.81 bits per heavy atom. The molecule has 0 saturated heterocycles. The fraction of sp³-hybridized carbons (Fsp3) is 0.0909. The number of rotatable bonds is 4. The molecule has 82 valence electrons. The van der Waals surface area contributed by atoms with Crippen molar-refractivity contribution in [3.63, 3.8) is 0 Å². The van der Waals surface area contributed by atoms with E-state index in [2.05, 4.69) is 15.8 Å². The van der Waals surface area contributed by atoms with Gasteiger partial charge < -0.3 is 4.42 Å². The third-order valence-electron chi connectivity index (χ3n) is 1.99. The summed E-state index contributed by atoms with van der Waals surface area (Å²) in [5.74, 6) is 0.559. The van der Waals surface area contributed by atoms with Crippen LogP contribution in [0.15, 0.2) is 47.3 Å². The lowest BCUT2D eigenvalue weighted by Gasteiger charge is -2.05. The van der Waals surface area contributed by atoms with Gasteiger partial charge in [0.05, 0.1) is 12.8 Å². The fourth-order valence-corrected chi connectivity index (χ4v) is 1.20. The lowest BCUT2D eigenvalue weighted by atomic mass is 10.3. The first kappa shape index (κ1) is 10.4.